The number of allylic oxidation sites excluding steroid dienone is 1. The molecular weight excluding hydrogens is 326 g/mol. The van der Waals surface area contributed by atoms with Crippen molar-refractivity contribution >= 4 is 10.1 Å². The van der Waals surface area contributed by atoms with Crippen molar-refractivity contribution in [3.8, 4) is 0 Å². The van der Waals surface area contributed by atoms with Gasteiger partial charge in [-0.15, -0.1) is 0 Å². The van der Waals surface area contributed by atoms with Gasteiger partial charge >= 0.3 is 10.1 Å². The molecule has 1 aromatic rings. The summed E-state index contributed by atoms with van der Waals surface area (Å²) >= 11 is 0. The van der Waals surface area contributed by atoms with Crippen molar-refractivity contribution in [2.45, 2.75) is 37.0 Å². The van der Waals surface area contributed by atoms with Crippen molar-refractivity contribution in [1.82, 2.24) is 4.90 Å². The number of rotatable bonds is 2. The van der Waals surface area contributed by atoms with Gasteiger partial charge in [0.1, 0.15) is 11.0 Å². The third-order valence-electron chi connectivity index (χ3n) is 5.20. The first-order valence-electron chi connectivity index (χ1n) is 8.69. The lowest BCUT2D eigenvalue weighted by atomic mass is 9.87. The smallest absolute Gasteiger partial charge is 0.317 e. The van der Waals surface area contributed by atoms with Crippen LogP contribution in [0.5, 0.6) is 0 Å². The molecule has 3 aliphatic rings. The van der Waals surface area contributed by atoms with Crippen LogP contribution >= 0.6 is 0 Å². The topological polar surface area (TPSA) is 55.8 Å². The maximum Gasteiger partial charge on any atom is 0.317 e. The largest absolute Gasteiger partial charge is 0.386 e. The lowest BCUT2D eigenvalue weighted by molar-refractivity contribution is 0.0189. The van der Waals surface area contributed by atoms with Gasteiger partial charge in [-0.25, -0.2) is 0 Å². The van der Waals surface area contributed by atoms with Crippen LogP contribution < -0.4 is 0 Å². The molecule has 2 atom stereocenters. The van der Waals surface area contributed by atoms with Crippen molar-refractivity contribution in [2.24, 2.45) is 0 Å². The summed E-state index contributed by atoms with van der Waals surface area (Å²) in [5.41, 5.74) is 2.00. The molecule has 0 amide bonds. The molecule has 0 saturated carbocycles. The summed E-state index contributed by atoms with van der Waals surface area (Å²) in [7, 11) is -3.69. The maximum absolute atomic E-state index is 13.0. The van der Waals surface area contributed by atoms with Crippen LogP contribution in [0.4, 0.5) is 0 Å². The van der Waals surface area contributed by atoms with Crippen LogP contribution in [0.25, 0.3) is 0 Å². The quantitative estimate of drug-likeness (QED) is 0.768. The van der Waals surface area contributed by atoms with Crippen molar-refractivity contribution in [2.75, 3.05) is 26.3 Å². The maximum atomic E-state index is 13.0. The molecule has 2 heterocycles. The number of ether oxygens (including phenoxy) is 1. The lowest BCUT2D eigenvalue weighted by Gasteiger charge is -2.44. The fourth-order valence-electron chi connectivity index (χ4n) is 4.10. The molecule has 0 radical (unpaired) electrons. The summed E-state index contributed by atoms with van der Waals surface area (Å²) in [5, 5.41) is -0.659. The third-order valence-corrected chi connectivity index (χ3v) is 6.78. The van der Waals surface area contributed by atoms with Gasteiger partial charge in [0.2, 0.25) is 0 Å². The first kappa shape index (κ1) is 16.1. The van der Waals surface area contributed by atoms with E-state index >= 15 is 0 Å². The monoisotopic (exact) mass is 349 g/mol. The number of hydrogen-bond donors (Lipinski definition) is 0. The highest BCUT2D eigenvalue weighted by atomic mass is 32.2. The van der Waals surface area contributed by atoms with E-state index in [1.165, 1.54) is 5.57 Å². The van der Waals surface area contributed by atoms with E-state index in [0.717, 1.165) is 44.3 Å². The van der Waals surface area contributed by atoms with E-state index in [1.54, 1.807) is 0 Å². The number of nitrogens with zero attached hydrogens (tertiary/aromatic N) is 1. The van der Waals surface area contributed by atoms with Crippen LogP contribution in [0.2, 0.25) is 0 Å². The van der Waals surface area contributed by atoms with Crippen molar-refractivity contribution in [1.29, 1.82) is 0 Å². The van der Waals surface area contributed by atoms with Crippen LogP contribution in [0.3, 0.4) is 0 Å². The number of hydrogen-bond acceptors (Lipinski definition) is 5. The summed E-state index contributed by atoms with van der Waals surface area (Å²) in [6.07, 6.45) is 3.76. The molecule has 4 rings (SSSR count). The molecule has 1 saturated heterocycles. The summed E-state index contributed by atoms with van der Waals surface area (Å²) in [4.78, 5) is 2.28. The molecule has 1 aromatic carbocycles. The van der Waals surface area contributed by atoms with Crippen LogP contribution in [0, 0.1) is 0 Å². The summed E-state index contributed by atoms with van der Waals surface area (Å²) in [6.45, 7) is 2.84. The van der Waals surface area contributed by atoms with Crippen LogP contribution in [-0.2, 0) is 19.0 Å². The Kier molecular flexibility index (Phi) is 4.37. The average molecular weight is 349 g/mol. The van der Waals surface area contributed by atoms with Crippen molar-refractivity contribution in [3.63, 3.8) is 0 Å². The molecule has 6 heteroatoms. The molecule has 1 aliphatic carbocycles. The van der Waals surface area contributed by atoms with Gasteiger partial charge in [-0.1, -0.05) is 30.3 Å². The highest BCUT2D eigenvalue weighted by Gasteiger charge is 2.47. The van der Waals surface area contributed by atoms with Gasteiger partial charge in [0.05, 0.1) is 19.3 Å². The number of morpholine rings is 1. The molecule has 5 nitrogen and oxygen atoms in total. The molecular formula is C18H23NO4S. The first-order chi connectivity index (χ1) is 11.7. The Labute approximate surface area is 143 Å². The van der Waals surface area contributed by atoms with Gasteiger partial charge in [-0.05, 0) is 30.4 Å². The van der Waals surface area contributed by atoms with Crippen molar-refractivity contribution in [3.05, 3.63) is 47.2 Å². The Morgan fingerprint density at radius 3 is 2.46 bits per heavy atom. The van der Waals surface area contributed by atoms with E-state index in [4.69, 9.17) is 8.92 Å². The zero-order valence-corrected chi connectivity index (χ0v) is 14.5. The number of benzene rings is 1. The van der Waals surface area contributed by atoms with Gasteiger partial charge in [0.25, 0.3) is 0 Å². The molecule has 0 N–H and O–H groups in total. The Balaban J connectivity index is 1.83. The molecule has 0 spiro atoms. The minimum Gasteiger partial charge on any atom is -0.386 e. The lowest BCUT2D eigenvalue weighted by Crippen LogP contribution is -2.51. The minimum atomic E-state index is -3.69. The highest BCUT2D eigenvalue weighted by Crippen LogP contribution is 2.45. The van der Waals surface area contributed by atoms with Crippen LogP contribution in [0.1, 0.15) is 36.5 Å². The molecule has 24 heavy (non-hydrogen) atoms. The highest BCUT2D eigenvalue weighted by molar-refractivity contribution is 7.87. The second kappa shape index (κ2) is 6.50. The normalized spacial score (nSPS) is 30.5. The molecule has 0 aromatic heterocycles. The summed E-state index contributed by atoms with van der Waals surface area (Å²) in [5.74, 6) is 0.699. The molecule has 130 valence electrons. The zero-order chi connectivity index (χ0) is 16.6. The third kappa shape index (κ3) is 2.87. The predicted octanol–water partition coefficient (Wildman–Crippen LogP) is 2.62. The van der Waals surface area contributed by atoms with Crippen molar-refractivity contribution < 1.29 is 17.3 Å². The van der Waals surface area contributed by atoms with Gasteiger partial charge in [0, 0.05) is 19.5 Å². The van der Waals surface area contributed by atoms with E-state index in [0.29, 0.717) is 19.0 Å². The van der Waals surface area contributed by atoms with E-state index < -0.39 is 15.4 Å². The van der Waals surface area contributed by atoms with E-state index in [9.17, 15) is 8.42 Å². The van der Waals surface area contributed by atoms with Gasteiger partial charge in [0.15, 0.2) is 0 Å². The standard InChI is InChI=1S/C18H23NO4S/c20-24(21)18(14-6-2-1-3-7-14)17(19-10-12-22-13-11-19)15-8-4-5-9-16(15)23-24/h1-3,6-7,17-18H,4-5,8-13H2/t17-,18+/m1/s1. The van der Waals surface area contributed by atoms with E-state index in [1.807, 2.05) is 30.3 Å². The Morgan fingerprint density at radius 2 is 1.71 bits per heavy atom. The minimum absolute atomic E-state index is 0.134. The fraction of sp³-hybridized carbons (Fsp3) is 0.556. The van der Waals surface area contributed by atoms with Gasteiger partial charge in [-0.3, -0.25) is 4.90 Å². The molecule has 2 aliphatic heterocycles. The van der Waals surface area contributed by atoms with Gasteiger partial charge < -0.3 is 8.92 Å². The molecule has 0 bridgehead atoms. The Bertz CT molecular complexity index is 723. The first-order valence-corrected chi connectivity index (χ1v) is 10.2. The van der Waals surface area contributed by atoms with Gasteiger partial charge in [-0.2, -0.15) is 8.42 Å². The van der Waals surface area contributed by atoms with E-state index in [2.05, 4.69) is 4.90 Å². The summed E-state index contributed by atoms with van der Waals surface area (Å²) < 4.78 is 37.0. The zero-order valence-electron chi connectivity index (χ0n) is 13.7. The second-order valence-corrected chi connectivity index (χ2v) is 8.32. The summed E-state index contributed by atoms with van der Waals surface area (Å²) in [6, 6.07) is 9.36. The molecule has 0 unspecified atom stereocenters. The fourth-order valence-corrected chi connectivity index (χ4v) is 5.82. The predicted molar refractivity (Wildman–Crippen MR) is 90.9 cm³/mol. The van der Waals surface area contributed by atoms with Crippen LogP contribution in [-0.4, -0.2) is 45.7 Å². The average Bonchev–Trinajstić information content (AvgIpc) is 2.61. The van der Waals surface area contributed by atoms with Crippen LogP contribution in [0.15, 0.2) is 41.7 Å². The Hall–Kier alpha value is -1.37. The van der Waals surface area contributed by atoms with E-state index in [-0.39, 0.29) is 6.04 Å². The Morgan fingerprint density at radius 1 is 1.00 bits per heavy atom. The SMILES string of the molecule is O=S1(=O)OC2=C(CCCC2)[C@@H](N2CCOCC2)[C@@H]1c1ccccc1. The molecule has 1 fully saturated rings. The second-order valence-electron chi connectivity index (χ2n) is 6.66.